The lowest BCUT2D eigenvalue weighted by Gasteiger charge is -2.10. The Labute approximate surface area is 106 Å². The molecule has 2 nitrogen and oxygen atoms in total. The Bertz CT molecular complexity index is 566. The summed E-state index contributed by atoms with van der Waals surface area (Å²) in [5.41, 5.74) is 2.61. The van der Waals surface area contributed by atoms with Gasteiger partial charge in [0.2, 0.25) is 0 Å². The number of carboxylic acids is 1. The van der Waals surface area contributed by atoms with Crippen LogP contribution >= 0.6 is 0 Å². The van der Waals surface area contributed by atoms with Crippen molar-refractivity contribution in [2.24, 2.45) is 0 Å². The molecule has 0 saturated heterocycles. The van der Waals surface area contributed by atoms with E-state index in [1.807, 2.05) is 42.5 Å². The zero-order chi connectivity index (χ0) is 12.6. The van der Waals surface area contributed by atoms with Gasteiger partial charge in [0.25, 0.3) is 0 Å². The standard InChI is InChI=1S/C16H14O2/c17-15(18)16(10-11-16)14-8-6-13(7-9-14)12-4-2-1-3-5-12/h1-9H,10-11H2,(H,17,18). The van der Waals surface area contributed by atoms with Crippen LogP contribution in [0.5, 0.6) is 0 Å². The average molecular weight is 238 g/mol. The van der Waals surface area contributed by atoms with E-state index in [0.29, 0.717) is 0 Å². The van der Waals surface area contributed by atoms with Gasteiger partial charge in [-0.2, -0.15) is 0 Å². The molecule has 3 rings (SSSR count). The minimum absolute atomic E-state index is 0.602. The number of hydrogen-bond donors (Lipinski definition) is 1. The number of carboxylic acid groups (broad SMARTS) is 1. The Morgan fingerprint density at radius 2 is 1.44 bits per heavy atom. The first-order chi connectivity index (χ1) is 8.72. The highest BCUT2D eigenvalue weighted by molar-refractivity contribution is 5.85. The molecule has 0 unspecified atom stereocenters. The Balaban J connectivity index is 1.93. The molecule has 0 spiro atoms. The molecule has 2 aromatic carbocycles. The van der Waals surface area contributed by atoms with Crippen LogP contribution in [-0.2, 0) is 10.2 Å². The van der Waals surface area contributed by atoms with E-state index >= 15 is 0 Å². The fourth-order valence-electron chi connectivity index (χ4n) is 2.36. The third-order valence-electron chi connectivity index (χ3n) is 3.70. The maximum atomic E-state index is 11.2. The van der Waals surface area contributed by atoms with E-state index in [1.54, 1.807) is 0 Å². The van der Waals surface area contributed by atoms with Crippen LogP contribution in [0.25, 0.3) is 11.1 Å². The second-order valence-electron chi connectivity index (χ2n) is 4.83. The van der Waals surface area contributed by atoms with E-state index < -0.39 is 11.4 Å². The summed E-state index contributed by atoms with van der Waals surface area (Å²) in [4.78, 5) is 11.2. The summed E-state index contributed by atoms with van der Waals surface area (Å²) in [5.74, 6) is -0.699. The van der Waals surface area contributed by atoms with Crippen LogP contribution in [0.15, 0.2) is 54.6 Å². The van der Waals surface area contributed by atoms with Gasteiger partial charge in [0.05, 0.1) is 5.41 Å². The predicted molar refractivity (Wildman–Crippen MR) is 70.4 cm³/mol. The smallest absolute Gasteiger partial charge is 0.314 e. The van der Waals surface area contributed by atoms with Crippen LogP contribution in [-0.4, -0.2) is 11.1 Å². The van der Waals surface area contributed by atoms with E-state index in [4.69, 9.17) is 0 Å². The SMILES string of the molecule is O=C(O)C1(c2ccc(-c3ccccc3)cc2)CC1. The first kappa shape index (κ1) is 11.0. The third-order valence-corrected chi connectivity index (χ3v) is 3.70. The topological polar surface area (TPSA) is 37.3 Å². The Morgan fingerprint density at radius 3 is 1.94 bits per heavy atom. The molecule has 2 heteroatoms. The summed E-state index contributed by atoms with van der Waals surface area (Å²) in [6, 6.07) is 18.0. The van der Waals surface area contributed by atoms with Gasteiger partial charge in [-0.3, -0.25) is 4.79 Å². The first-order valence-corrected chi connectivity index (χ1v) is 6.12. The fraction of sp³-hybridized carbons (Fsp3) is 0.188. The van der Waals surface area contributed by atoms with Gasteiger partial charge in [-0.25, -0.2) is 0 Å². The molecule has 0 heterocycles. The highest BCUT2D eigenvalue weighted by Gasteiger charge is 2.51. The molecule has 1 N–H and O–H groups in total. The highest BCUT2D eigenvalue weighted by Crippen LogP contribution is 2.48. The van der Waals surface area contributed by atoms with Gasteiger partial charge in [0.15, 0.2) is 0 Å². The maximum Gasteiger partial charge on any atom is 0.314 e. The third kappa shape index (κ3) is 1.70. The number of carbonyl (C=O) groups is 1. The van der Waals surface area contributed by atoms with Crippen molar-refractivity contribution in [2.75, 3.05) is 0 Å². The molecule has 0 aliphatic heterocycles. The Morgan fingerprint density at radius 1 is 0.889 bits per heavy atom. The van der Waals surface area contributed by atoms with Gasteiger partial charge in [0.1, 0.15) is 0 Å². The van der Waals surface area contributed by atoms with Crippen LogP contribution in [0.1, 0.15) is 18.4 Å². The van der Waals surface area contributed by atoms with Crippen LogP contribution in [0.2, 0.25) is 0 Å². The summed E-state index contributed by atoms with van der Waals surface area (Å²) in [6.45, 7) is 0. The van der Waals surface area contributed by atoms with Crippen LogP contribution in [0.3, 0.4) is 0 Å². The normalized spacial score (nSPS) is 16.2. The van der Waals surface area contributed by atoms with E-state index in [-0.39, 0.29) is 0 Å². The van der Waals surface area contributed by atoms with Crippen molar-refractivity contribution in [3.8, 4) is 11.1 Å². The lowest BCUT2D eigenvalue weighted by atomic mass is 9.94. The van der Waals surface area contributed by atoms with Crippen LogP contribution in [0.4, 0.5) is 0 Å². The van der Waals surface area contributed by atoms with Crippen LogP contribution < -0.4 is 0 Å². The number of hydrogen-bond acceptors (Lipinski definition) is 1. The summed E-state index contributed by atoms with van der Waals surface area (Å²) in [5, 5.41) is 9.24. The minimum Gasteiger partial charge on any atom is -0.481 e. The van der Waals surface area contributed by atoms with E-state index in [0.717, 1.165) is 29.5 Å². The molecule has 18 heavy (non-hydrogen) atoms. The van der Waals surface area contributed by atoms with Crippen molar-refractivity contribution in [2.45, 2.75) is 18.3 Å². The fourth-order valence-corrected chi connectivity index (χ4v) is 2.36. The molecule has 2 aromatic rings. The summed E-state index contributed by atoms with van der Waals surface area (Å²) in [6.07, 6.45) is 1.51. The highest BCUT2D eigenvalue weighted by atomic mass is 16.4. The van der Waals surface area contributed by atoms with Crippen molar-refractivity contribution in [3.63, 3.8) is 0 Å². The minimum atomic E-state index is -0.699. The van der Waals surface area contributed by atoms with Gasteiger partial charge >= 0.3 is 5.97 Å². The van der Waals surface area contributed by atoms with Crippen molar-refractivity contribution in [1.29, 1.82) is 0 Å². The maximum absolute atomic E-state index is 11.2. The van der Waals surface area contributed by atoms with E-state index in [1.165, 1.54) is 0 Å². The van der Waals surface area contributed by atoms with Crippen molar-refractivity contribution >= 4 is 5.97 Å². The van der Waals surface area contributed by atoms with Gasteiger partial charge in [-0.15, -0.1) is 0 Å². The molecule has 0 radical (unpaired) electrons. The zero-order valence-corrected chi connectivity index (χ0v) is 9.97. The molecular weight excluding hydrogens is 224 g/mol. The van der Waals surface area contributed by atoms with Gasteiger partial charge in [-0.1, -0.05) is 54.6 Å². The molecule has 1 aliphatic rings. The molecule has 1 saturated carbocycles. The Kier molecular flexibility index (Phi) is 2.44. The first-order valence-electron chi connectivity index (χ1n) is 6.12. The molecule has 90 valence electrons. The molecule has 1 aliphatic carbocycles. The largest absolute Gasteiger partial charge is 0.481 e. The van der Waals surface area contributed by atoms with Crippen molar-refractivity contribution in [1.82, 2.24) is 0 Å². The summed E-state index contributed by atoms with van der Waals surface area (Å²) >= 11 is 0. The molecule has 1 fully saturated rings. The second-order valence-corrected chi connectivity index (χ2v) is 4.83. The summed E-state index contributed by atoms with van der Waals surface area (Å²) < 4.78 is 0. The quantitative estimate of drug-likeness (QED) is 0.889. The van der Waals surface area contributed by atoms with E-state index in [2.05, 4.69) is 12.1 Å². The zero-order valence-electron chi connectivity index (χ0n) is 9.97. The van der Waals surface area contributed by atoms with Gasteiger partial charge < -0.3 is 5.11 Å². The lowest BCUT2D eigenvalue weighted by Crippen LogP contribution is -2.19. The molecule has 0 bridgehead atoms. The molecule has 0 aromatic heterocycles. The average Bonchev–Trinajstić information content (AvgIpc) is 3.22. The predicted octanol–water partition coefficient (Wildman–Crippen LogP) is 3.47. The van der Waals surface area contributed by atoms with Crippen LogP contribution in [0, 0.1) is 0 Å². The van der Waals surface area contributed by atoms with E-state index in [9.17, 15) is 9.90 Å². The second kappa shape index (κ2) is 3.98. The number of aliphatic carboxylic acids is 1. The van der Waals surface area contributed by atoms with Crippen molar-refractivity contribution in [3.05, 3.63) is 60.2 Å². The van der Waals surface area contributed by atoms with Crippen molar-refractivity contribution < 1.29 is 9.90 Å². The number of rotatable bonds is 3. The summed E-state index contributed by atoms with van der Waals surface area (Å²) in [7, 11) is 0. The van der Waals surface area contributed by atoms with Gasteiger partial charge in [-0.05, 0) is 29.5 Å². The monoisotopic (exact) mass is 238 g/mol. The molecular formula is C16H14O2. The lowest BCUT2D eigenvalue weighted by molar-refractivity contribution is -0.140. The number of benzene rings is 2. The molecule has 0 amide bonds. The molecule has 0 atom stereocenters. The van der Waals surface area contributed by atoms with Gasteiger partial charge in [0, 0.05) is 0 Å². The Hall–Kier alpha value is -2.09.